The van der Waals surface area contributed by atoms with Gasteiger partial charge in [0, 0.05) is 13.6 Å². The van der Waals surface area contributed by atoms with Crippen molar-refractivity contribution in [3.63, 3.8) is 0 Å². The number of amides is 1. The third-order valence-electron chi connectivity index (χ3n) is 2.20. The zero-order valence-electron chi connectivity index (χ0n) is 10.4. The minimum atomic E-state index is -0.331. The molecule has 1 heterocycles. The minimum Gasteiger partial charge on any atom is -0.372 e. The topological polar surface area (TPSA) is 78.9 Å². The summed E-state index contributed by atoms with van der Waals surface area (Å²) in [6.07, 6.45) is 4.13. The van der Waals surface area contributed by atoms with E-state index in [0.29, 0.717) is 18.2 Å². The summed E-state index contributed by atoms with van der Waals surface area (Å²) in [5.74, 6) is 1.20. The fraction of sp³-hybridized carbons (Fsp3) is 0.545. The highest BCUT2D eigenvalue weighted by Crippen LogP contribution is 2.06. The van der Waals surface area contributed by atoms with E-state index in [1.54, 1.807) is 26.4 Å². The first-order valence-electron chi connectivity index (χ1n) is 5.71. The summed E-state index contributed by atoms with van der Waals surface area (Å²) in [6.45, 7) is 4.49. The van der Waals surface area contributed by atoms with Crippen molar-refractivity contribution in [2.45, 2.75) is 26.3 Å². The molecule has 17 heavy (non-hydrogen) atoms. The van der Waals surface area contributed by atoms with Gasteiger partial charge in [0.25, 0.3) is 0 Å². The average Bonchev–Trinajstić information content (AvgIpc) is 2.36. The average molecular weight is 237 g/mol. The normalized spacial score (nSPS) is 11.7. The number of carbonyl (C=O) groups excluding carboxylic acids is 1. The lowest BCUT2D eigenvalue weighted by atomic mass is 10.3. The van der Waals surface area contributed by atoms with Gasteiger partial charge in [0.05, 0.1) is 12.4 Å². The molecule has 94 valence electrons. The second-order valence-electron chi connectivity index (χ2n) is 3.70. The van der Waals surface area contributed by atoms with Crippen LogP contribution in [0.2, 0.25) is 0 Å². The fourth-order valence-electron chi connectivity index (χ4n) is 1.24. The Hall–Kier alpha value is -1.85. The summed E-state index contributed by atoms with van der Waals surface area (Å²) in [5, 5.41) is 8.71. The Kier molecular flexibility index (Phi) is 5.19. The van der Waals surface area contributed by atoms with E-state index in [4.69, 9.17) is 0 Å². The number of nitrogens with one attached hydrogen (secondary N) is 3. The van der Waals surface area contributed by atoms with E-state index in [1.165, 1.54) is 0 Å². The molecule has 1 amide bonds. The predicted molar refractivity (Wildman–Crippen MR) is 68.0 cm³/mol. The van der Waals surface area contributed by atoms with Crippen LogP contribution in [0, 0.1) is 0 Å². The Bertz CT molecular complexity index is 369. The molecule has 1 rings (SSSR count). The van der Waals surface area contributed by atoms with Gasteiger partial charge in [-0.25, -0.2) is 4.98 Å². The van der Waals surface area contributed by atoms with E-state index in [0.717, 1.165) is 6.42 Å². The first-order valence-corrected chi connectivity index (χ1v) is 5.71. The van der Waals surface area contributed by atoms with Crippen LogP contribution in [0.25, 0.3) is 0 Å². The lowest BCUT2D eigenvalue weighted by Crippen LogP contribution is -2.38. The lowest BCUT2D eigenvalue weighted by Gasteiger charge is -2.14. The van der Waals surface area contributed by atoms with Gasteiger partial charge in [0.2, 0.25) is 5.91 Å². The Labute approximate surface area is 101 Å². The van der Waals surface area contributed by atoms with Crippen molar-refractivity contribution in [3.05, 3.63) is 12.4 Å². The number of hydrogen-bond acceptors (Lipinski definition) is 5. The lowest BCUT2D eigenvalue weighted by molar-refractivity contribution is -0.121. The Morgan fingerprint density at radius 1 is 1.41 bits per heavy atom. The molecular formula is C11H19N5O. The van der Waals surface area contributed by atoms with Crippen LogP contribution in [0.5, 0.6) is 0 Å². The zero-order chi connectivity index (χ0) is 12.7. The van der Waals surface area contributed by atoms with Gasteiger partial charge in [-0.05, 0) is 13.3 Å². The van der Waals surface area contributed by atoms with E-state index in [9.17, 15) is 4.79 Å². The maximum atomic E-state index is 11.6. The molecule has 6 heteroatoms. The molecule has 6 nitrogen and oxygen atoms in total. The van der Waals surface area contributed by atoms with Crippen molar-refractivity contribution < 1.29 is 4.79 Å². The van der Waals surface area contributed by atoms with Gasteiger partial charge in [0.15, 0.2) is 0 Å². The highest BCUT2D eigenvalue weighted by Gasteiger charge is 2.12. The number of anilines is 2. The molecule has 1 atom stereocenters. The molecule has 0 aliphatic carbocycles. The van der Waals surface area contributed by atoms with Gasteiger partial charge >= 0.3 is 0 Å². The van der Waals surface area contributed by atoms with Crippen LogP contribution in [-0.4, -0.2) is 35.5 Å². The van der Waals surface area contributed by atoms with Crippen molar-refractivity contribution in [3.8, 4) is 0 Å². The molecule has 1 unspecified atom stereocenters. The number of rotatable bonds is 6. The third kappa shape index (κ3) is 4.26. The Balaban J connectivity index is 2.54. The molecule has 0 aromatic carbocycles. The van der Waals surface area contributed by atoms with Crippen LogP contribution in [0.3, 0.4) is 0 Å². The maximum absolute atomic E-state index is 11.6. The van der Waals surface area contributed by atoms with Gasteiger partial charge in [-0.1, -0.05) is 6.92 Å². The van der Waals surface area contributed by atoms with E-state index in [2.05, 4.69) is 25.9 Å². The van der Waals surface area contributed by atoms with E-state index in [1.807, 2.05) is 6.92 Å². The first-order chi connectivity index (χ1) is 8.17. The quantitative estimate of drug-likeness (QED) is 0.683. The predicted octanol–water partition coefficient (Wildman–Crippen LogP) is 0.845. The Morgan fingerprint density at radius 3 is 2.76 bits per heavy atom. The number of nitrogens with zero attached hydrogens (tertiary/aromatic N) is 2. The number of hydrogen-bond donors (Lipinski definition) is 3. The van der Waals surface area contributed by atoms with Crippen LogP contribution >= 0.6 is 0 Å². The molecule has 0 aliphatic heterocycles. The van der Waals surface area contributed by atoms with Crippen molar-refractivity contribution in [1.29, 1.82) is 0 Å². The van der Waals surface area contributed by atoms with Gasteiger partial charge in [0.1, 0.15) is 17.7 Å². The monoisotopic (exact) mass is 237 g/mol. The van der Waals surface area contributed by atoms with Crippen molar-refractivity contribution in [2.24, 2.45) is 0 Å². The largest absolute Gasteiger partial charge is 0.372 e. The standard InChI is InChI=1S/C11H19N5O/c1-4-5-14-11(17)8(2)15-10-7-13-6-9(12-3)16-10/h6-8H,4-5H2,1-3H3,(H,14,17)(H2,12,15,16). The molecular weight excluding hydrogens is 218 g/mol. The first kappa shape index (κ1) is 13.2. The van der Waals surface area contributed by atoms with Crippen LogP contribution in [0.1, 0.15) is 20.3 Å². The van der Waals surface area contributed by atoms with Gasteiger partial charge in [-0.2, -0.15) is 0 Å². The highest BCUT2D eigenvalue weighted by molar-refractivity contribution is 5.83. The van der Waals surface area contributed by atoms with Crippen LogP contribution in [0.15, 0.2) is 12.4 Å². The highest BCUT2D eigenvalue weighted by atomic mass is 16.2. The molecule has 0 saturated carbocycles. The van der Waals surface area contributed by atoms with Gasteiger partial charge in [-0.3, -0.25) is 9.78 Å². The molecule has 0 fully saturated rings. The van der Waals surface area contributed by atoms with Crippen molar-refractivity contribution >= 4 is 17.5 Å². The third-order valence-corrected chi connectivity index (χ3v) is 2.20. The molecule has 0 radical (unpaired) electrons. The second-order valence-corrected chi connectivity index (χ2v) is 3.70. The maximum Gasteiger partial charge on any atom is 0.242 e. The molecule has 0 bridgehead atoms. The second kappa shape index (κ2) is 6.67. The summed E-state index contributed by atoms with van der Waals surface area (Å²) in [7, 11) is 1.77. The summed E-state index contributed by atoms with van der Waals surface area (Å²) in [4.78, 5) is 19.9. The zero-order valence-corrected chi connectivity index (χ0v) is 10.4. The molecule has 1 aromatic heterocycles. The minimum absolute atomic E-state index is 0.0384. The number of carbonyl (C=O) groups is 1. The molecule has 0 saturated heterocycles. The van der Waals surface area contributed by atoms with Crippen molar-refractivity contribution in [2.75, 3.05) is 24.2 Å². The Morgan fingerprint density at radius 2 is 2.12 bits per heavy atom. The SMILES string of the molecule is CCCNC(=O)C(C)Nc1cncc(NC)n1. The van der Waals surface area contributed by atoms with Crippen LogP contribution in [-0.2, 0) is 4.79 Å². The molecule has 3 N–H and O–H groups in total. The fourth-order valence-corrected chi connectivity index (χ4v) is 1.24. The smallest absolute Gasteiger partial charge is 0.242 e. The van der Waals surface area contributed by atoms with Gasteiger partial charge in [-0.15, -0.1) is 0 Å². The van der Waals surface area contributed by atoms with Crippen LogP contribution in [0.4, 0.5) is 11.6 Å². The van der Waals surface area contributed by atoms with E-state index in [-0.39, 0.29) is 11.9 Å². The van der Waals surface area contributed by atoms with Crippen molar-refractivity contribution in [1.82, 2.24) is 15.3 Å². The summed E-state index contributed by atoms with van der Waals surface area (Å²) < 4.78 is 0. The van der Waals surface area contributed by atoms with E-state index < -0.39 is 0 Å². The summed E-state index contributed by atoms with van der Waals surface area (Å²) >= 11 is 0. The molecule has 0 aliphatic rings. The van der Waals surface area contributed by atoms with Crippen LogP contribution < -0.4 is 16.0 Å². The number of aromatic nitrogens is 2. The molecule has 1 aromatic rings. The summed E-state index contributed by atoms with van der Waals surface area (Å²) in [5.41, 5.74) is 0. The molecule has 0 spiro atoms. The summed E-state index contributed by atoms with van der Waals surface area (Å²) in [6, 6.07) is -0.331. The van der Waals surface area contributed by atoms with Gasteiger partial charge < -0.3 is 16.0 Å². The van der Waals surface area contributed by atoms with E-state index >= 15 is 0 Å².